The van der Waals surface area contributed by atoms with Gasteiger partial charge in [-0.05, 0) is 36.1 Å². The summed E-state index contributed by atoms with van der Waals surface area (Å²) in [4.78, 5) is 0. The lowest BCUT2D eigenvalue weighted by Gasteiger charge is -2.16. The highest BCUT2D eigenvalue weighted by atomic mass is 16.6. The number of benzene rings is 1. The maximum Gasteiger partial charge on any atom is 0.210 e. The molecular formula is C15H19NO2. The van der Waals surface area contributed by atoms with Crippen molar-refractivity contribution in [1.82, 2.24) is 0 Å². The van der Waals surface area contributed by atoms with Crippen LogP contribution in [0.1, 0.15) is 30.9 Å². The first-order chi connectivity index (χ1) is 8.65. The number of fused-ring (bicyclic) bond motifs is 1. The summed E-state index contributed by atoms with van der Waals surface area (Å²) in [7, 11) is 0. The van der Waals surface area contributed by atoms with E-state index in [1.165, 1.54) is 22.3 Å². The summed E-state index contributed by atoms with van der Waals surface area (Å²) in [6.07, 6.45) is 2.91. The van der Waals surface area contributed by atoms with Gasteiger partial charge in [0, 0.05) is 5.92 Å². The molecule has 0 radical (unpaired) electrons. The van der Waals surface area contributed by atoms with E-state index in [-0.39, 0.29) is 5.92 Å². The molecule has 0 aromatic heterocycles. The van der Waals surface area contributed by atoms with Crippen molar-refractivity contribution in [2.75, 3.05) is 6.61 Å². The lowest BCUT2D eigenvalue weighted by molar-refractivity contribution is -0.0957. The quantitative estimate of drug-likeness (QED) is 0.801. The maximum absolute atomic E-state index is 9.06. The predicted molar refractivity (Wildman–Crippen MR) is 72.7 cm³/mol. The average Bonchev–Trinajstić information content (AvgIpc) is 2.62. The number of ether oxygens (including phenoxy) is 1. The standard InChI is InChI=1S/C15H19NO2/c1-3-6-11-10(2)12-7-4-5-8-13(12)14(11)9-18-15(16)17/h3-8,14-15,17H,9,16H2,1-2H3. The Balaban J connectivity index is 2.35. The minimum absolute atomic E-state index is 0.149. The molecular weight excluding hydrogens is 226 g/mol. The van der Waals surface area contributed by atoms with Gasteiger partial charge < -0.3 is 9.84 Å². The van der Waals surface area contributed by atoms with Crippen LogP contribution < -0.4 is 5.73 Å². The molecule has 96 valence electrons. The smallest absolute Gasteiger partial charge is 0.210 e. The van der Waals surface area contributed by atoms with Gasteiger partial charge in [-0.25, -0.2) is 0 Å². The zero-order valence-electron chi connectivity index (χ0n) is 10.8. The van der Waals surface area contributed by atoms with Crippen molar-refractivity contribution >= 4 is 5.57 Å². The van der Waals surface area contributed by atoms with Gasteiger partial charge >= 0.3 is 0 Å². The van der Waals surface area contributed by atoms with Gasteiger partial charge in [0.15, 0.2) is 0 Å². The van der Waals surface area contributed by atoms with E-state index in [9.17, 15) is 0 Å². The highest BCUT2D eigenvalue weighted by Crippen LogP contribution is 2.42. The van der Waals surface area contributed by atoms with Gasteiger partial charge in [0.1, 0.15) is 0 Å². The number of allylic oxidation sites excluding steroid dienone is 3. The van der Waals surface area contributed by atoms with Gasteiger partial charge in [-0.2, -0.15) is 0 Å². The molecule has 1 aliphatic carbocycles. The lowest BCUT2D eigenvalue weighted by atomic mass is 9.96. The van der Waals surface area contributed by atoms with Gasteiger partial charge in [-0.3, -0.25) is 5.73 Å². The molecule has 0 aliphatic heterocycles. The fourth-order valence-electron chi connectivity index (χ4n) is 2.52. The molecule has 1 aromatic rings. The van der Waals surface area contributed by atoms with E-state index in [2.05, 4.69) is 25.1 Å². The van der Waals surface area contributed by atoms with E-state index >= 15 is 0 Å². The monoisotopic (exact) mass is 245 g/mol. The van der Waals surface area contributed by atoms with Crippen molar-refractivity contribution in [2.45, 2.75) is 26.2 Å². The van der Waals surface area contributed by atoms with Crippen molar-refractivity contribution in [3.63, 3.8) is 0 Å². The molecule has 1 aliphatic rings. The van der Waals surface area contributed by atoms with Crippen molar-refractivity contribution in [3.8, 4) is 0 Å². The van der Waals surface area contributed by atoms with Gasteiger partial charge in [0.2, 0.25) is 6.41 Å². The molecule has 0 heterocycles. The minimum atomic E-state index is -1.22. The number of hydrogen-bond donors (Lipinski definition) is 2. The van der Waals surface area contributed by atoms with Crippen LogP contribution in [0.3, 0.4) is 0 Å². The molecule has 3 heteroatoms. The summed E-state index contributed by atoms with van der Waals surface area (Å²) < 4.78 is 5.17. The fourth-order valence-corrected chi connectivity index (χ4v) is 2.52. The first-order valence-corrected chi connectivity index (χ1v) is 6.13. The van der Waals surface area contributed by atoms with E-state index in [4.69, 9.17) is 15.6 Å². The Morgan fingerprint density at radius 3 is 2.83 bits per heavy atom. The van der Waals surface area contributed by atoms with Crippen molar-refractivity contribution in [3.05, 3.63) is 53.1 Å². The molecule has 0 amide bonds. The number of hydrogen-bond acceptors (Lipinski definition) is 3. The summed E-state index contributed by atoms with van der Waals surface area (Å²) >= 11 is 0. The third-order valence-corrected chi connectivity index (χ3v) is 3.33. The van der Waals surface area contributed by atoms with Crippen LogP contribution in [-0.2, 0) is 4.74 Å². The molecule has 3 nitrogen and oxygen atoms in total. The Bertz CT molecular complexity index is 489. The second-order valence-electron chi connectivity index (χ2n) is 4.44. The molecule has 0 saturated heterocycles. The topological polar surface area (TPSA) is 55.5 Å². The highest BCUT2D eigenvalue weighted by Gasteiger charge is 2.27. The summed E-state index contributed by atoms with van der Waals surface area (Å²) in [5, 5.41) is 9.06. The number of rotatable bonds is 4. The summed E-state index contributed by atoms with van der Waals surface area (Å²) in [6.45, 7) is 4.51. The van der Waals surface area contributed by atoms with E-state index in [1.54, 1.807) is 0 Å². The normalized spacial score (nSPS) is 20.6. The first kappa shape index (κ1) is 13.0. The largest absolute Gasteiger partial charge is 0.356 e. The Hall–Kier alpha value is -1.42. The highest BCUT2D eigenvalue weighted by molar-refractivity contribution is 5.79. The van der Waals surface area contributed by atoms with Crippen LogP contribution in [0.4, 0.5) is 0 Å². The lowest BCUT2D eigenvalue weighted by Crippen LogP contribution is -2.25. The second kappa shape index (κ2) is 5.48. The van der Waals surface area contributed by atoms with Gasteiger partial charge in [0.05, 0.1) is 6.61 Å². The van der Waals surface area contributed by atoms with Crippen molar-refractivity contribution < 1.29 is 9.84 Å². The Morgan fingerprint density at radius 1 is 1.44 bits per heavy atom. The van der Waals surface area contributed by atoms with Gasteiger partial charge in [-0.15, -0.1) is 0 Å². The van der Waals surface area contributed by atoms with Crippen LogP contribution in [0, 0.1) is 0 Å². The van der Waals surface area contributed by atoms with Crippen LogP contribution in [0.5, 0.6) is 0 Å². The van der Waals surface area contributed by atoms with E-state index in [0.29, 0.717) is 6.61 Å². The molecule has 0 fully saturated rings. The van der Waals surface area contributed by atoms with Crippen LogP contribution in [0.15, 0.2) is 42.0 Å². The molecule has 3 N–H and O–H groups in total. The van der Waals surface area contributed by atoms with Crippen LogP contribution in [0.2, 0.25) is 0 Å². The van der Waals surface area contributed by atoms with Crippen LogP contribution in [-0.4, -0.2) is 18.1 Å². The third-order valence-electron chi connectivity index (χ3n) is 3.33. The van der Waals surface area contributed by atoms with E-state index in [0.717, 1.165) is 0 Å². The average molecular weight is 245 g/mol. The van der Waals surface area contributed by atoms with Gasteiger partial charge in [0.25, 0.3) is 0 Å². The Morgan fingerprint density at radius 2 is 2.17 bits per heavy atom. The van der Waals surface area contributed by atoms with Gasteiger partial charge in [-0.1, -0.05) is 36.4 Å². The molecule has 1 aromatic carbocycles. The second-order valence-corrected chi connectivity index (χ2v) is 4.44. The molecule has 2 rings (SSSR count). The number of nitrogens with two attached hydrogens (primary N) is 1. The summed E-state index contributed by atoms with van der Waals surface area (Å²) in [6, 6.07) is 8.28. The van der Waals surface area contributed by atoms with Crippen LogP contribution in [0.25, 0.3) is 5.57 Å². The zero-order chi connectivity index (χ0) is 13.1. The Kier molecular flexibility index (Phi) is 3.97. The SMILES string of the molecule is CC=CC1=C(C)c2ccccc2C1COC(N)O. The predicted octanol–water partition coefficient (Wildman–Crippen LogP) is 2.38. The molecule has 2 atom stereocenters. The Labute approximate surface area is 108 Å². The molecule has 18 heavy (non-hydrogen) atoms. The zero-order valence-corrected chi connectivity index (χ0v) is 10.8. The number of aliphatic hydroxyl groups is 1. The third kappa shape index (κ3) is 2.38. The van der Waals surface area contributed by atoms with E-state index < -0.39 is 6.41 Å². The fraction of sp³-hybridized carbons (Fsp3) is 0.333. The summed E-state index contributed by atoms with van der Waals surface area (Å²) in [5.41, 5.74) is 10.2. The molecule has 0 spiro atoms. The number of aliphatic hydroxyl groups excluding tert-OH is 1. The molecule has 2 unspecified atom stereocenters. The summed E-state index contributed by atoms with van der Waals surface area (Å²) in [5.74, 6) is 0.149. The van der Waals surface area contributed by atoms with Crippen molar-refractivity contribution in [1.29, 1.82) is 0 Å². The molecule has 0 bridgehead atoms. The van der Waals surface area contributed by atoms with Crippen molar-refractivity contribution in [2.24, 2.45) is 5.73 Å². The maximum atomic E-state index is 9.06. The van der Waals surface area contributed by atoms with E-state index in [1.807, 2.05) is 25.1 Å². The minimum Gasteiger partial charge on any atom is -0.356 e. The first-order valence-electron chi connectivity index (χ1n) is 6.13. The molecule has 0 saturated carbocycles. The van der Waals surface area contributed by atoms with Crippen LogP contribution >= 0.6 is 0 Å².